The minimum Gasteiger partial charge on any atom is -0.460 e. The van der Waals surface area contributed by atoms with E-state index in [2.05, 4.69) is 13.8 Å². The molecule has 7 nitrogen and oxygen atoms in total. The van der Waals surface area contributed by atoms with Crippen LogP contribution in [0.3, 0.4) is 0 Å². The number of hydrogen-bond donors (Lipinski definition) is 1. The number of aliphatic hydroxyl groups excluding tert-OH is 1. The Morgan fingerprint density at radius 1 is 1.38 bits per heavy atom. The van der Waals surface area contributed by atoms with E-state index >= 15 is 0 Å². The smallest absolute Gasteiger partial charge is 0.460 e. The Balaban J connectivity index is 4.33. The van der Waals surface area contributed by atoms with Gasteiger partial charge in [-0.25, -0.2) is 9.36 Å². The number of ether oxygens (including phenoxy) is 1. The predicted octanol–water partition coefficient (Wildman–Crippen LogP) is 0.843. The van der Waals surface area contributed by atoms with Crippen LogP contribution in [-0.2, 0) is 27.7 Å². The standard InChI is InChI=1S/C8H15O7P/c1-7(6-8(10)14-5-4-9)15-16(11,12-2)13-3/h6,9H,4-5H2,1-3H3/b7-6+. The maximum Gasteiger partial charge on any atom is 0.529 e. The number of allylic oxidation sites excluding steroid dienone is 1. The van der Waals surface area contributed by atoms with E-state index in [4.69, 9.17) is 9.63 Å². The van der Waals surface area contributed by atoms with Crippen molar-refractivity contribution in [3.63, 3.8) is 0 Å². The lowest BCUT2D eigenvalue weighted by Crippen LogP contribution is -2.06. The number of rotatable bonds is 7. The van der Waals surface area contributed by atoms with Gasteiger partial charge in [-0.05, 0) is 6.92 Å². The van der Waals surface area contributed by atoms with E-state index in [0.29, 0.717) is 0 Å². The average Bonchev–Trinajstić information content (AvgIpc) is 2.25. The van der Waals surface area contributed by atoms with Crippen molar-refractivity contribution >= 4 is 13.8 Å². The highest BCUT2D eigenvalue weighted by Gasteiger charge is 2.24. The number of carbonyl (C=O) groups is 1. The lowest BCUT2D eigenvalue weighted by Gasteiger charge is -2.14. The molecule has 0 aromatic heterocycles. The minimum absolute atomic E-state index is 0.0231. The summed E-state index contributed by atoms with van der Waals surface area (Å²) in [4.78, 5) is 11.0. The zero-order chi connectivity index (χ0) is 12.6. The van der Waals surface area contributed by atoms with Gasteiger partial charge in [-0.1, -0.05) is 0 Å². The topological polar surface area (TPSA) is 91.3 Å². The Bertz CT molecular complexity index is 291. The van der Waals surface area contributed by atoms with Crippen LogP contribution in [0.25, 0.3) is 0 Å². The highest BCUT2D eigenvalue weighted by molar-refractivity contribution is 7.48. The summed E-state index contributed by atoms with van der Waals surface area (Å²) >= 11 is 0. The first-order chi connectivity index (χ1) is 7.47. The van der Waals surface area contributed by atoms with Crippen molar-refractivity contribution in [2.45, 2.75) is 6.92 Å². The quantitative estimate of drug-likeness (QED) is 0.311. The summed E-state index contributed by atoms with van der Waals surface area (Å²) in [5, 5.41) is 8.40. The summed E-state index contributed by atoms with van der Waals surface area (Å²) in [6.07, 6.45) is 0.973. The predicted molar refractivity (Wildman–Crippen MR) is 54.5 cm³/mol. The Morgan fingerprint density at radius 2 is 1.94 bits per heavy atom. The van der Waals surface area contributed by atoms with Crippen LogP contribution in [0.15, 0.2) is 11.8 Å². The number of aliphatic hydroxyl groups is 1. The van der Waals surface area contributed by atoms with Gasteiger partial charge >= 0.3 is 13.8 Å². The summed E-state index contributed by atoms with van der Waals surface area (Å²) < 4.78 is 29.8. The van der Waals surface area contributed by atoms with Crippen LogP contribution >= 0.6 is 7.82 Å². The zero-order valence-corrected chi connectivity index (χ0v) is 10.2. The molecule has 0 unspecified atom stereocenters. The third-order valence-electron chi connectivity index (χ3n) is 1.36. The first-order valence-electron chi connectivity index (χ1n) is 4.34. The maximum absolute atomic E-state index is 11.5. The van der Waals surface area contributed by atoms with Gasteiger partial charge in [-0.2, -0.15) is 0 Å². The van der Waals surface area contributed by atoms with Crippen LogP contribution in [0.5, 0.6) is 0 Å². The molecule has 0 saturated carbocycles. The number of hydrogen-bond acceptors (Lipinski definition) is 7. The fourth-order valence-electron chi connectivity index (χ4n) is 0.706. The number of phosphoric acid groups is 1. The molecule has 0 radical (unpaired) electrons. The van der Waals surface area contributed by atoms with Crippen molar-refractivity contribution in [2.24, 2.45) is 0 Å². The second-order valence-electron chi connectivity index (χ2n) is 2.55. The van der Waals surface area contributed by atoms with Gasteiger partial charge < -0.3 is 14.4 Å². The molecule has 0 aliphatic heterocycles. The van der Waals surface area contributed by atoms with E-state index < -0.39 is 13.8 Å². The van der Waals surface area contributed by atoms with E-state index in [0.717, 1.165) is 20.3 Å². The first kappa shape index (κ1) is 15.1. The molecule has 16 heavy (non-hydrogen) atoms. The molecule has 8 heteroatoms. The van der Waals surface area contributed by atoms with Crippen LogP contribution in [-0.4, -0.2) is 38.5 Å². The fourth-order valence-corrected chi connectivity index (χ4v) is 1.41. The van der Waals surface area contributed by atoms with Gasteiger partial charge in [0.05, 0.1) is 12.7 Å². The fraction of sp³-hybridized carbons (Fsp3) is 0.625. The summed E-state index contributed by atoms with van der Waals surface area (Å²) in [6.45, 7) is 1.01. The molecule has 0 aliphatic rings. The Morgan fingerprint density at radius 3 is 2.38 bits per heavy atom. The zero-order valence-electron chi connectivity index (χ0n) is 9.34. The van der Waals surface area contributed by atoms with Crippen LogP contribution < -0.4 is 0 Å². The van der Waals surface area contributed by atoms with Crippen LogP contribution in [0.4, 0.5) is 0 Å². The Kier molecular flexibility index (Phi) is 7.00. The number of carbonyl (C=O) groups excluding carboxylic acids is 1. The highest BCUT2D eigenvalue weighted by Crippen LogP contribution is 2.49. The largest absolute Gasteiger partial charge is 0.529 e. The first-order valence-corrected chi connectivity index (χ1v) is 5.80. The minimum atomic E-state index is -3.64. The van der Waals surface area contributed by atoms with E-state index in [1.165, 1.54) is 6.92 Å². The molecule has 0 saturated heterocycles. The van der Waals surface area contributed by atoms with Crippen molar-refractivity contribution in [2.75, 3.05) is 27.4 Å². The van der Waals surface area contributed by atoms with Gasteiger partial charge in [-0.15, -0.1) is 0 Å². The molecule has 0 heterocycles. The molecule has 0 rings (SSSR count). The summed E-state index contributed by atoms with van der Waals surface area (Å²) in [5.74, 6) is -0.694. The average molecular weight is 254 g/mol. The second kappa shape index (κ2) is 7.40. The normalized spacial score (nSPS) is 12.4. The third-order valence-corrected chi connectivity index (χ3v) is 2.77. The van der Waals surface area contributed by atoms with Gasteiger partial charge in [0.1, 0.15) is 12.4 Å². The molecule has 0 aliphatic carbocycles. The molecule has 0 spiro atoms. The third kappa shape index (κ3) is 5.87. The molecular formula is C8H15O7P. The van der Waals surface area contributed by atoms with E-state index in [-0.39, 0.29) is 19.0 Å². The molecule has 0 amide bonds. The summed E-state index contributed by atoms with van der Waals surface area (Å²) in [5.41, 5.74) is 0. The SMILES string of the molecule is COP(=O)(OC)O/C(C)=C/C(=O)OCCO. The number of esters is 1. The Hall–Kier alpha value is -0.880. The van der Waals surface area contributed by atoms with Crippen LogP contribution in [0.1, 0.15) is 6.92 Å². The molecule has 0 aromatic carbocycles. The van der Waals surface area contributed by atoms with E-state index in [9.17, 15) is 9.36 Å². The van der Waals surface area contributed by atoms with Crippen molar-refractivity contribution < 1.29 is 32.8 Å². The molecule has 0 atom stereocenters. The molecule has 0 fully saturated rings. The van der Waals surface area contributed by atoms with E-state index in [1.807, 2.05) is 0 Å². The van der Waals surface area contributed by atoms with Crippen molar-refractivity contribution in [1.29, 1.82) is 0 Å². The summed E-state index contributed by atoms with van der Waals surface area (Å²) in [7, 11) is -1.34. The van der Waals surface area contributed by atoms with Gasteiger partial charge in [-0.3, -0.25) is 9.05 Å². The molecule has 1 N–H and O–H groups in total. The van der Waals surface area contributed by atoms with Crippen molar-refractivity contribution in [3.05, 3.63) is 11.8 Å². The van der Waals surface area contributed by atoms with Crippen molar-refractivity contribution in [1.82, 2.24) is 0 Å². The number of phosphoric ester groups is 1. The molecule has 0 aromatic rings. The lowest BCUT2D eigenvalue weighted by atomic mass is 10.5. The molecular weight excluding hydrogens is 239 g/mol. The lowest BCUT2D eigenvalue weighted by molar-refractivity contribution is -0.138. The molecule has 0 bridgehead atoms. The van der Waals surface area contributed by atoms with Crippen LogP contribution in [0.2, 0.25) is 0 Å². The second-order valence-corrected chi connectivity index (χ2v) is 4.36. The van der Waals surface area contributed by atoms with Gasteiger partial charge in [0.25, 0.3) is 0 Å². The Labute approximate surface area is 93.6 Å². The van der Waals surface area contributed by atoms with Gasteiger partial charge in [0, 0.05) is 14.2 Å². The van der Waals surface area contributed by atoms with Gasteiger partial charge in [0.15, 0.2) is 0 Å². The maximum atomic E-state index is 11.5. The van der Waals surface area contributed by atoms with E-state index in [1.54, 1.807) is 0 Å². The highest BCUT2D eigenvalue weighted by atomic mass is 31.2. The van der Waals surface area contributed by atoms with Crippen LogP contribution in [0, 0.1) is 0 Å². The monoisotopic (exact) mass is 254 g/mol. The molecule has 94 valence electrons. The van der Waals surface area contributed by atoms with Gasteiger partial charge in [0.2, 0.25) is 0 Å². The summed E-state index contributed by atoms with van der Waals surface area (Å²) in [6, 6.07) is 0. The van der Waals surface area contributed by atoms with Crippen molar-refractivity contribution in [3.8, 4) is 0 Å².